The highest BCUT2D eigenvalue weighted by molar-refractivity contribution is 7.89. The number of hydrogen-bond donors (Lipinski definition) is 2. The van der Waals surface area contributed by atoms with Gasteiger partial charge in [0.05, 0.1) is 11.9 Å². The van der Waals surface area contributed by atoms with Crippen molar-refractivity contribution < 1.29 is 8.42 Å². The molecule has 0 unspecified atom stereocenters. The van der Waals surface area contributed by atoms with E-state index in [2.05, 4.69) is 37.0 Å². The fourth-order valence-corrected chi connectivity index (χ4v) is 4.71. The van der Waals surface area contributed by atoms with Crippen molar-refractivity contribution in [2.24, 2.45) is 7.05 Å². The number of likely N-dealkylation sites (N-methyl/N-ethyl adjacent to an activating group) is 1. The predicted octanol–water partition coefficient (Wildman–Crippen LogP) is -0.00110. The van der Waals surface area contributed by atoms with Gasteiger partial charge in [-0.3, -0.25) is 4.68 Å². The summed E-state index contributed by atoms with van der Waals surface area (Å²) in [7, 11) is 0.647. The van der Waals surface area contributed by atoms with Crippen molar-refractivity contribution in [1.29, 1.82) is 0 Å². The molecule has 154 valence electrons. The standard InChI is InChI=1S/C17H28N8O2S/c1-23-7-9-25(10-8-23)17-20-14-12-19-24(2)15(14)16(21-17)18-6-11-28(26,27)22-13-4-3-5-13/h12-13,22H,3-11H2,1-2H3,(H,18,20,21). The number of anilines is 2. The first-order valence-corrected chi connectivity index (χ1v) is 11.4. The second kappa shape index (κ2) is 7.80. The molecule has 28 heavy (non-hydrogen) atoms. The molecule has 1 saturated carbocycles. The molecule has 3 heterocycles. The van der Waals surface area contributed by atoms with Gasteiger partial charge in [-0.2, -0.15) is 10.1 Å². The smallest absolute Gasteiger partial charge is 0.228 e. The van der Waals surface area contributed by atoms with E-state index < -0.39 is 10.0 Å². The molecular weight excluding hydrogens is 380 g/mol. The summed E-state index contributed by atoms with van der Waals surface area (Å²) in [5, 5.41) is 7.49. The number of sulfonamides is 1. The van der Waals surface area contributed by atoms with Crippen LogP contribution >= 0.6 is 0 Å². The van der Waals surface area contributed by atoms with Gasteiger partial charge >= 0.3 is 0 Å². The summed E-state index contributed by atoms with van der Waals surface area (Å²) in [6.07, 6.45) is 4.68. The number of piperazine rings is 1. The Bertz CT molecular complexity index is 932. The first-order chi connectivity index (χ1) is 13.4. The van der Waals surface area contributed by atoms with Crippen molar-refractivity contribution >= 4 is 32.8 Å². The first kappa shape index (κ1) is 19.3. The lowest BCUT2D eigenvalue weighted by Crippen LogP contribution is -2.45. The Morgan fingerprint density at radius 3 is 2.57 bits per heavy atom. The van der Waals surface area contributed by atoms with E-state index in [4.69, 9.17) is 4.98 Å². The minimum absolute atomic E-state index is 0.0106. The summed E-state index contributed by atoms with van der Waals surface area (Å²) in [4.78, 5) is 13.8. The topological polar surface area (TPSA) is 108 Å². The maximum Gasteiger partial charge on any atom is 0.228 e. The van der Waals surface area contributed by atoms with E-state index in [0.717, 1.165) is 56.5 Å². The third-order valence-electron chi connectivity index (χ3n) is 5.48. The highest BCUT2D eigenvalue weighted by Crippen LogP contribution is 2.24. The summed E-state index contributed by atoms with van der Waals surface area (Å²) in [5.41, 5.74) is 1.53. The van der Waals surface area contributed by atoms with Crippen LogP contribution < -0.4 is 14.9 Å². The Hall–Kier alpha value is -1.98. The van der Waals surface area contributed by atoms with E-state index >= 15 is 0 Å². The van der Waals surface area contributed by atoms with Gasteiger partial charge in [-0.15, -0.1) is 0 Å². The average Bonchev–Trinajstić information content (AvgIpc) is 3.00. The fourth-order valence-electron chi connectivity index (χ4n) is 3.48. The van der Waals surface area contributed by atoms with Crippen molar-refractivity contribution in [3.05, 3.63) is 6.20 Å². The Labute approximate surface area is 165 Å². The largest absolute Gasteiger partial charge is 0.367 e. The van der Waals surface area contributed by atoms with Crippen LogP contribution in [0.15, 0.2) is 6.20 Å². The molecule has 1 saturated heterocycles. The van der Waals surface area contributed by atoms with Gasteiger partial charge in [0.25, 0.3) is 0 Å². The molecule has 2 aromatic heterocycles. The van der Waals surface area contributed by atoms with Gasteiger partial charge in [0.1, 0.15) is 11.0 Å². The molecule has 0 bridgehead atoms. The summed E-state index contributed by atoms with van der Waals surface area (Å²) in [6, 6.07) is 0.108. The lowest BCUT2D eigenvalue weighted by Gasteiger charge is -2.32. The van der Waals surface area contributed by atoms with Crippen molar-refractivity contribution in [2.75, 3.05) is 55.7 Å². The second-order valence-electron chi connectivity index (χ2n) is 7.66. The van der Waals surface area contributed by atoms with Gasteiger partial charge < -0.3 is 15.1 Å². The average molecular weight is 409 g/mol. The lowest BCUT2D eigenvalue weighted by molar-refractivity contribution is 0.311. The lowest BCUT2D eigenvalue weighted by atomic mass is 9.94. The van der Waals surface area contributed by atoms with Gasteiger partial charge in [-0.05, 0) is 19.9 Å². The molecule has 1 aliphatic heterocycles. The van der Waals surface area contributed by atoms with Gasteiger partial charge in [-0.1, -0.05) is 6.42 Å². The normalized spacial score (nSPS) is 19.1. The maximum atomic E-state index is 12.2. The van der Waals surface area contributed by atoms with Gasteiger partial charge in [0, 0.05) is 45.8 Å². The van der Waals surface area contributed by atoms with E-state index in [-0.39, 0.29) is 18.3 Å². The van der Waals surface area contributed by atoms with Crippen molar-refractivity contribution in [1.82, 2.24) is 29.4 Å². The minimum atomic E-state index is -3.29. The van der Waals surface area contributed by atoms with Crippen LogP contribution in [0, 0.1) is 0 Å². The highest BCUT2D eigenvalue weighted by Gasteiger charge is 2.24. The molecular formula is C17H28N8O2S. The van der Waals surface area contributed by atoms with Crippen molar-refractivity contribution in [3.8, 4) is 0 Å². The summed E-state index contributed by atoms with van der Waals surface area (Å²) in [5.74, 6) is 1.29. The molecule has 11 heteroatoms. The molecule has 2 N–H and O–H groups in total. The molecule has 2 aromatic rings. The molecule has 0 spiro atoms. The molecule has 4 rings (SSSR count). The Morgan fingerprint density at radius 1 is 1.14 bits per heavy atom. The number of hydrogen-bond acceptors (Lipinski definition) is 8. The Morgan fingerprint density at radius 2 is 1.89 bits per heavy atom. The highest BCUT2D eigenvalue weighted by atomic mass is 32.2. The molecule has 0 aromatic carbocycles. The third-order valence-corrected chi connectivity index (χ3v) is 6.91. The summed E-state index contributed by atoms with van der Waals surface area (Å²) >= 11 is 0. The van der Waals surface area contributed by atoms with Crippen LogP contribution in [0.25, 0.3) is 11.0 Å². The maximum absolute atomic E-state index is 12.2. The summed E-state index contributed by atoms with van der Waals surface area (Å²) in [6.45, 7) is 3.93. The van der Waals surface area contributed by atoms with Crippen LogP contribution in [0.5, 0.6) is 0 Å². The minimum Gasteiger partial charge on any atom is -0.367 e. The third kappa shape index (κ3) is 4.20. The number of rotatable bonds is 7. The molecule has 10 nitrogen and oxygen atoms in total. The number of fused-ring (bicyclic) bond motifs is 1. The predicted molar refractivity (Wildman–Crippen MR) is 109 cm³/mol. The van der Waals surface area contributed by atoms with Crippen LogP contribution in [-0.4, -0.2) is 84.6 Å². The van der Waals surface area contributed by atoms with Crippen LogP contribution in [0.1, 0.15) is 19.3 Å². The second-order valence-corrected chi connectivity index (χ2v) is 9.53. The van der Waals surface area contributed by atoms with E-state index in [1.807, 2.05) is 7.05 Å². The number of aryl methyl sites for hydroxylation is 1. The van der Waals surface area contributed by atoms with Crippen LogP contribution in [-0.2, 0) is 17.1 Å². The zero-order valence-corrected chi connectivity index (χ0v) is 17.2. The van der Waals surface area contributed by atoms with Gasteiger partial charge in [-0.25, -0.2) is 18.1 Å². The number of nitrogens with zero attached hydrogens (tertiary/aromatic N) is 6. The van der Waals surface area contributed by atoms with Crippen molar-refractivity contribution in [3.63, 3.8) is 0 Å². The molecule has 0 amide bonds. The first-order valence-electron chi connectivity index (χ1n) is 9.78. The molecule has 2 aliphatic rings. The zero-order chi connectivity index (χ0) is 19.7. The molecule has 2 fully saturated rings. The molecule has 1 aliphatic carbocycles. The SMILES string of the molecule is CN1CCN(c2nc(NCCS(=O)(=O)NC3CCC3)c3c(cnn3C)n2)CC1. The fraction of sp³-hybridized carbons (Fsp3) is 0.706. The van der Waals surface area contributed by atoms with Crippen LogP contribution in [0.2, 0.25) is 0 Å². The molecule has 0 radical (unpaired) electrons. The van der Waals surface area contributed by atoms with Gasteiger partial charge in [0.15, 0.2) is 5.82 Å². The Kier molecular flexibility index (Phi) is 5.39. The molecule has 0 atom stereocenters. The number of aromatic nitrogens is 4. The van der Waals surface area contributed by atoms with Crippen molar-refractivity contribution in [2.45, 2.75) is 25.3 Å². The van der Waals surface area contributed by atoms with E-state index in [9.17, 15) is 8.42 Å². The number of nitrogens with one attached hydrogen (secondary N) is 2. The zero-order valence-electron chi connectivity index (χ0n) is 16.4. The van der Waals surface area contributed by atoms with Gasteiger partial charge in [0.2, 0.25) is 16.0 Å². The van der Waals surface area contributed by atoms with E-state index in [0.29, 0.717) is 11.8 Å². The Balaban J connectivity index is 1.49. The van der Waals surface area contributed by atoms with E-state index in [1.54, 1.807) is 10.9 Å². The monoisotopic (exact) mass is 408 g/mol. The van der Waals surface area contributed by atoms with E-state index in [1.165, 1.54) is 0 Å². The summed E-state index contributed by atoms with van der Waals surface area (Å²) < 4.78 is 28.9. The van der Waals surface area contributed by atoms with Crippen LogP contribution in [0.3, 0.4) is 0 Å². The van der Waals surface area contributed by atoms with Crippen LogP contribution in [0.4, 0.5) is 11.8 Å². The quantitative estimate of drug-likeness (QED) is 0.659.